The number of nitrogens with one attached hydrogen (secondary N) is 1. The van der Waals surface area contributed by atoms with Crippen LogP contribution in [0, 0.1) is 11.8 Å². The van der Waals surface area contributed by atoms with Crippen LogP contribution in [0.1, 0.15) is 32.1 Å². The molecule has 0 aromatic heterocycles. The van der Waals surface area contributed by atoms with Crippen LogP contribution in [0.15, 0.2) is 0 Å². The van der Waals surface area contributed by atoms with Gasteiger partial charge in [-0.3, -0.25) is 0 Å². The molecule has 2 rings (SSSR count). The molecule has 2 saturated heterocycles. The predicted octanol–water partition coefficient (Wildman–Crippen LogP) is 1.73. The van der Waals surface area contributed by atoms with E-state index >= 15 is 0 Å². The maximum absolute atomic E-state index is 5.29. The fraction of sp³-hybridized carbons (Fsp3) is 1.00. The van der Waals surface area contributed by atoms with E-state index in [1.807, 2.05) is 7.11 Å². The molecule has 0 amide bonds. The Balaban J connectivity index is 1.64. The Morgan fingerprint density at radius 2 is 2.12 bits per heavy atom. The summed E-state index contributed by atoms with van der Waals surface area (Å²) in [7, 11) is 1.83. The van der Waals surface area contributed by atoms with Gasteiger partial charge in [0, 0.05) is 13.7 Å². The Kier molecular flexibility index (Phi) is 5.75. The van der Waals surface area contributed by atoms with Crippen molar-refractivity contribution in [2.24, 2.45) is 11.8 Å². The Morgan fingerprint density at radius 3 is 2.88 bits per heavy atom. The summed E-state index contributed by atoms with van der Waals surface area (Å²) in [6.07, 6.45) is 6.90. The molecule has 100 valence electrons. The molecule has 0 spiro atoms. The first kappa shape index (κ1) is 13.3. The second-order valence-electron chi connectivity index (χ2n) is 5.77. The van der Waals surface area contributed by atoms with Gasteiger partial charge < -0.3 is 15.0 Å². The van der Waals surface area contributed by atoms with Crippen molar-refractivity contribution in [1.29, 1.82) is 0 Å². The van der Waals surface area contributed by atoms with Crippen molar-refractivity contribution in [3.8, 4) is 0 Å². The van der Waals surface area contributed by atoms with E-state index in [4.69, 9.17) is 4.74 Å². The fourth-order valence-corrected chi connectivity index (χ4v) is 3.26. The first-order valence-electron chi connectivity index (χ1n) is 7.30. The number of hydrogen-bond acceptors (Lipinski definition) is 3. The molecule has 0 aromatic carbocycles. The average molecular weight is 240 g/mol. The average Bonchev–Trinajstić information content (AvgIpc) is 2.39. The van der Waals surface area contributed by atoms with Crippen LogP contribution in [0.4, 0.5) is 0 Å². The molecular weight excluding hydrogens is 212 g/mol. The van der Waals surface area contributed by atoms with Gasteiger partial charge >= 0.3 is 0 Å². The summed E-state index contributed by atoms with van der Waals surface area (Å²) in [5.74, 6) is 1.70. The molecule has 0 saturated carbocycles. The van der Waals surface area contributed by atoms with Gasteiger partial charge in [-0.15, -0.1) is 0 Å². The lowest BCUT2D eigenvalue weighted by Gasteiger charge is -2.33. The van der Waals surface area contributed by atoms with Gasteiger partial charge in [0.05, 0.1) is 6.61 Å². The van der Waals surface area contributed by atoms with Gasteiger partial charge in [0.25, 0.3) is 0 Å². The highest BCUT2D eigenvalue weighted by atomic mass is 16.5. The minimum atomic E-state index is 0.776. The van der Waals surface area contributed by atoms with Crippen LogP contribution in [0.3, 0.4) is 0 Å². The van der Waals surface area contributed by atoms with E-state index in [1.165, 1.54) is 64.8 Å². The number of methoxy groups -OCH3 is 1. The van der Waals surface area contributed by atoms with Gasteiger partial charge in [0.1, 0.15) is 0 Å². The number of piperidine rings is 2. The third kappa shape index (κ3) is 4.57. The Labute approximate surface area is 106 Å². The lowest BCUT2D eigenvalue weighted by atomic mass is 9.94. The molecule has 2 fully saturated rings. The van der Waals surface area contributed by atoms with Crippen LogP contribution in [-0.2, 0) is 4.74 Å². The van der Waals surface area contributed by atoms with Crippen molar-refractivity contribution >= 4 is 0 Å². The SMILES string of the molecule is COCC1CCCN(CCC2CCCNC2)C1. The quantitative estimate of drug-likeness (QED) is 0.792. The molecule has 0 aromatic rings. The number of ether oxygens (including phenoxy) is 1. The van der Waals surface area contributed by atoms with Gasteiger partial charge in [-0.1, -0.05) is 0 Å². The zero-order valence-corrected chi connectivity index (χ0v) is 11.3. The second-order valence-corrected chi connectivity index (χ2v) is 5.77. The van der Waals surface area contributed by atoms with Crippen LogP contribution in [0.5, 0.6) is 0 Å². The molecular formula is C14H28N2O. The fourth-order valence-electron chi connectivity index (χ4n) is 3.26. The van der Waals surface area contributed by atoms with E-state index in [1.54, 1.807) is 0 Å². The Hall–Kier alpha value is -0.120. The zero-order valence-electron chi connectivity index (χ0n) is 11.3. The van der Waals surface area contributed by atoms with Crippen molar-refractivity contribution in [2.75, 3.05) is 46.4 Å². The maximum atomic E-state index is 5.29. The summed E-state index contributed by atoms with van der Waals surface area (Å²) in [6, 6.07) is 0. The topological polar surface area (TPSA) is 24.5 Å². The second kappa shape index (κ2) is 7.34. The highest BCUT2D eigenvalue weighted by Gasteiger charge is 2.21. The number of rotatable bonds is 5. The molecule has 0 aliphatic carbocycles. The summed E-state index contributed by atoms with van der Waals surface area (Å²) in [5.41, 5.74) is 0. The van der Waals surface area contributed by atoms with Crippen LogP contribution >= 0.6 is 0 Å². The number of hydrogen-bond donors (Lipinski definition) is 1. The number of likely N-dealkylation sites (tertiary alicyclic amines) is 1. The van der Waals surface area contributed by atoms with Crippen LogP contribution in [0.25, 0.3) is 0 Å². The molecule has 2 aliphatic rings. The highest BCUT2D eigenvalue weighted by Crippen LogP contribution is 2.19. The summed E-state index contributed by atoms with van der Waals surface area (Å²) >= 11 is 0. The predicted molar refractivity (Wildman–Crippen MR) is 71.3 cm³/mol. The van der Waals surface area contributed by atoms with Gasteiger partial charge in [-0.25, -0.2) is 0 Å². The Morgan fingerprint density at radius 1 is 1.24 bits per heavy atom. The molecule has 2 heterocycles. The molecule has 1 N–H and O–H groups in total. The lowest BCUT2D eigenvalue weighted by Crippen LogP contribution is -2.39. The van der Waals surface area contributed by atoms with E-state index in [9.17, 15) is 0 Å². The summed E-state index contributed by atoms with van der Waals surface area (Å²) in [5, 5.41) is 3.51. The monoisotopic (exact) mass is 240 g/mol. The van der Waals surface area contributed by atoms with Crippen LogP contribution < -0.4 is 5.32 Å². The van der Waals surface area contributed by atoms with E-state index in [0.717, 1.165) is 18.4 Å². The molecule has 3 nitrogen and oxygen atoms in total. The molecule has 3 heteroatoms. The molecule has 17 heavy (non-hydrogen) atoms. The zero-order chi connectivity index (χ0) is 11.9. The minimum absolute atomic E-state index is 0.776. The third-order valence-corrected chi connectivity index (χ3v) is 4.26. The molecule has 2 aliphatic heterocycles. The van der Waals surface area contributed by atoms with Gasteiger partial charge in [0.15, 0.2) is 0 Å². The first-order valence-corrected chi connectivity index (χ1v) is 7.30. The summed E-state index contributed by atoms with van der Waals surface area (Å²) < 4.78 is 5.29. The van der Waals surface area contributed by atoms with Crippen molar-refractivity contribution in [1.82, 2.24) is 10.2 Å². The standard InChI is InChI=1S/C14H28N2O/c1-17-12-14-5-3-8-16(11-14)9-6-13-4-2-7-15-10-13/h13-15H,2-12H2,1H3. The van der Waals surface area contributed by atoms with Gasteiger partial charge in [-0.2, -0.15) is 0 Å². The normalized spacial score (nSPS) is 31.6. The van der Waals surface area contributed by atoms with Crippen molar-refractivity contribution in [3.63, 3.8) is 0 Å². The number of nitrogens with zero attached hydrogens (tertiary/aromatic N) is 1. The van der Waals surface area contributed by atoms with Crippen LogP contribution in [0.2, 0.25) is 0 Å². The first-order chi connectivity index (χ1) is 8.38. The molecule has 2 atom stereocenters. The summed E-state index contributed by atoms with van der Waals surface area (Å²) in [4.78, 5) is 2.65. The lowest BCUT2D eigenvalue weighted by molar-refractivity contribution is 0.0869. The van der Waals surface area contributed by atoms with E-state index in [2.05, 4.69) is 10.2 Å². The minimum Gasteiger partial charge on any atom is -0.384 e. The molecule has 0 radical (unpaired) electrons. The largest absolute Gasteiger partial charge is 0.384 e. The van der Waals surface area contributed by atoms with E-state index < -0.39 is 0 Å². The van der Waals surface area contributed by atoms with Crippen molar-refractivity contribution in [2.45, 2.75) is 32.1 Å². The third-order valence-electron chi connectivity index (χ3n) is 4.26. The van der Waals surface area contributed by atoms with Crippen LogP contribution in [-0.4, -0.2) is 51.3 Å². The highest BCUT2D eigenvalue weighted by molar-refractivity contribution is 4.75. The smallest absolute Gasteiger partial charge is 0.0502 e. The van der Waals surface area contributed by atoms with E-state index in [-0.39, 0.29) is 0 Å². The molecule has 0 bridgehead atoms. The van der Waals surface area contributed by atoms with Crippen molar-refractivity contribution < 1.29 is 4.74 Å². The summed E-state index contributed by atoms with van der Waals surface area (Å²) in [6.45, 7) is 7.29. The maximum Gasteiger partial charge on any atom is 0.0502 e. The molecule has 2 unspecified atom stereocenters. The van der Waals surface area contributed by atoms with E-state index in [0.29, 0.717) is 0 Å². The van der Waals surface area contributed by atoms with Gasteiger partial charge in [0.2, 0.25) is 0 Å². The van der Waals surface area contributed by atoms with Crippen molar-refractivity contribution in [3.05, 3.63) is 0 Å². The Bertz CT molecular complexity index is 202. The van der Waals surface area contributed by atoms with Gasteiger partial charge in [-0.05, 0) is 70.1 Å².